The molecule has 0 saturated heterocycles. The van der Waals surface area contributed by atoms with Gasteiger partial charge in [0.15, 0.2) is 6.29 Å². The van der Waals surface area contributed by atoms with Crippen molar-refractivity contribution in [3.63, 3.8) is 0 Å². The van der Waals surface area contributed by atoms with Crippen molar-refractivity contribution in [1.29, 1.82) is 0 Å². The Morgan fingerprint density at radius 2 is 1.70 bits per heavy atom. The summed E-state index contributed by atoms with van der Waals surface area (Å²) in [5.41, 5.74) is 0. The summed E-state index contributed by atoms with van der Waals surface area (Å²) < 4.78 is 0. The number of carboxylic acid groups (broad SMARTS) is 1. The Labute approximate surface area is 59.1 Å². The van der Waals surface area contributed by atoms with Gasteiger partial charge in [-0.1, -0.05) is 13.8 Å². The largest absolute Gasteiger partial charge is 0.481 e. The van der Waals surface area contributed by atoms with Crippen molar-refractivity contribution in [2.75, 3.05) is 0 Å². The van der Waals surface area contributed by atoms with Crippen LogP contribution >= 0.6 is 0 Å². The normalized spacial score (nSPS) is 14.2. The second-order valence-electron chi connectivity index (χ2n) is 2.52. The Balaban J connectivity index is 4.12. The van der Waals surface area contributed by atoms with Crippen LogP contribution in [0.2, 0.25) is 0 Å². The number of aliphatic hydroxyl groups excluding tert-OH is 1. The van der Waals surface area contributed by atoms with Gasteiger partial charge in [0.25, 0.3) is 0 Å². The van der Waals surface area contributed by atoms with Gasteiger partial charge < -0.3 is 15.3 Å². The molecule has 0 aromatic carbocycles. The minimum absolute atomic E-state index is 0.266. The van der Waals surface area contributed by atoms with E-state index in [1.54, 1.807) is 13.8 Å². The van der Waals surface area contributed by atoms with Crippen molar-refractivity contribution < 1.29 is 20.1 Å². The van der Waals surface area contributed by atoms with E-state index in [0.29, 0.717) is 0 Å². The van der Waals surface area contributed by atoms with E-state index in [-0.39, 0.29) is 5.92 Å². The highest BCUT2D eigenvalue weighted by Gasteiger charge is 2.27. The lowest BCUT2D eigenvalue weighted by molar-refractivity contribution is -0.162. The molecule has 4 heteroatoms. The molecule has 0 rings (SSSR count). The predicted molar refractivity (Wildman–Crippen MR) is 34.2 cm³/mol. The van der Waals surface area contributed by atoms with Crippen LogP contribution in [0.3, 0.4) is 0 Å². The Kier molecular flexibility index (Phi) is 3.32. The average molecular weight is 148 g/mol. The van der Waals surface area contributed by atoms with E-state index < -0.39 is 18.2 Å². The van der Waals surface area contributed by atoms with Crippen LogP contribution < -0.4 is 0 Å². The first-order valence-electron chi connectivity index (χ1n) is 3.05. The monoisotopic (exact) mass is 148 g/mol. The molecule has 0 bridgehead atoms. The number of aliphatic carboxylic acids is 1. The lowest BCUT2D eigenvalue weighted by Crippen LogP contribution is -2.31. The molecule has 0 aromatic rings. The molecule has 0 spiro atoms. The SMILES string of the molecule is CC(C)C(C(=O)O)C(O)O. The lowest BCUT2D eigenvalue weighted by atomic mass is 9.96. The molecule has 1 atom stereocenters. The number of hydrogen-bond donors (Lipinski definition) is 3. The second-order valence-corrected chi connectivity index (χ2v) is 2.52. The van der Waals surface area contributed by atoms with Crippen molar-refractivity contribution in [3.05, 3.63) is 0 Å². The van der Waals surface area contributed by atoms with E-state index in [9.17, 15) is 4.79 Å². The van der Waals surface area contributed by atoms with Gasteiger partial charge in [-0.05, 0) is 5.92 Å². The Morgan fingerprint density at radius 1 is 1.30 bits per heavy atom. The molecule has 10 heavy (non-hydrogen) atoms. The first-order valence-corrected chi connectivity index (χ1v) is 3.05. The zero-order valence-electron chi connectivity index (χ0n) is 5.98. The van der Waals surface area contributed by atoms with E-state index >= 15 is 0 Å². The van der Waals surface area contributed by atoms with Crippen LogP contribution in [0, 0.1) is 11.8 Å². The second kappa shape index (κ2) is 3.53. The van der Waals surface area contributed by atoms with E-state index in [4.69, 9.17) is 15.3 Å². The minimum atomic E-state index is -1.77. The molecule has 0 aliphatic carbocycles. The topological polar surface area (TPSA) is 77.8 Å². The number of carboxylic acids is 1. The van der Waals surface area contributed by atoms with E-state index in [1.807, 2.05) is 0 Å². The molecule has 0 aliphatic heterocycles. The molecule has 60 valence electrons. The molecule has 0 aliphatic rings. The van der Waals surface area contributed by atoms with Crippen LogP contribution in [-0.2, 0) is 4.79 Å². The molecule has 0 amide bonds. The number of carbonyl (C=O) groups is 1. The van der Waals surface area contributed by atoms with Crippen LogP contribution in [0.4, 0.5) is 0 Å². The summed E-state index contributed by atoms with van der Waals surface area (Å²) >= 11 is 0. The maximum atomic E-state index is 10.3. The van der Waals surface area contributed by atoms with Gasteiger partial charge in [0, 0.05) is 0 Å². The number of hydrogen-bond acceptors (Lipinski definition) is 3. The third kappa shape index (κ3) is 2.33. The van der Waals surface area contributed by atoms with Crippen molar-refractivity contribution in [2.45, 2.75) is 20.1 Å². The van der Waals surface area contributed by atoms with Crippen LogP contribution in [0.25, 0.3) is 0 Å². The van der Waals surface area contributed by atoms with Crippen molar-refractivity contribution in [1.82, 2.24) is 0 Å². The Hall–Kier alpha value is -0.610. The van der Waals surface area contributed by atoms with Crippen LogP contribution in [0.1, 0.15) is 13.8 Å². The summed E-state index contributed by atoms with van der Waals surface area (Å²) in [5.74, 6) is -2.53. The zero-order chi connectivity index (χ0) is 8.31. The minimum Gasteiger partial charge on any atom is -0.481 e. The zero-order valence-corrected chi connectivity index (χ0v) is 5.98. The first-order chi connectivity index (χ1) is 4.46. The fourth-order valence-corrected chi connectivity index (χ4v) is 0.757. The molecule has 1 unspecified atom stereocenters. The molecule has 3 N–H and O–H groups in total. The first kappa shape index (κ1) is 9.39. The van der Waals surface area contributed by atoms with E-state index in [2.05, 4.69) is 0 Å². The number of rotatable bonds is 3. The fourth-order valence-electron chi connectivity index (χ4n) is 0.757. The summed E-state index contributed by atoms with van der Waals surface area (Å²) in [6.07, 6.45) is -1.77. The molecule has 0 saturated carbocycles. The van der Waals surface area contributed by atoms with Crippen LogP contribution in [-0.4, -0.2) is 27.6 Å². The van der Waals surface area contributed by atoms with E-state index in [0.717, 1.165) is 0 Å². The molecule has 0 radical (unpaired) electrons. The molecular weight excluding hydrogens is 136 g/mol. The van der Waals surface area contributed by atoms with Gasteiger partial charge in [0.05, 0.1) is 0 Å². The maximum absolute atomic E-state index is 10.3. The van der Waals surface area contributed by atoms with Crippen LogP contribution in [0.15, 0.2) is 0 Å². The Morgan fingerprint density at radius 3 is 1.70 bits per heavy atom. The van der Waals surface area contributed by atoms with Crippen molar-refractivity contribution in [2.24, 2.45) is 11.8 Å². The molecule has 0 aromatic heterocycles. The van der Waals surface area contributed by atoms with Gasteiger partial charge >= 0.3 is 5.97 Å². The standard InChI is InChI=1S/C6H12O4/c1-3(2)4(5(7)8)6(9)10/h3-5,7-8H,1-2H3,(H,9,10). The van der Waals surface area contributed by atoms with Crippen LogP contribution in [0.5, 0.6) is 0 Å². The summed E-state index contributed by atoms with van der Waals surface area (Å²) in [6, 6.07) is 0. The fraction of sp³-hybridized carbons (Fsp3) is 0.833. The third-order valence-electron chi connectivity index (χ3n) is 1.32. The lowest BCUT2D eigenvalue weighted by Gasteiger charge is -2.17. The molecule has 0 fully saturated rings. The highest BCUT2D eigenvalue weighted by Crippen LogP contribution is 2.13. The number of aliphatic hydroxyl groups is 2. The highest BCUT2D eigenvalue weighted by atomic mass is 16.5. The van der Waals surface area contributed by atoms with E-state index in [1.165, 1.54) is 0 Å². The molecular formula is C6H12O4. The third-order valence-corrected chi connectivity index (χ3v) is 1.32. The average Bonchev–Trinajstić information content (AvgIpc) is 1.59. The molecule has 0 heterocycles. The molecule has 4 nitrogen and oxygen atoms in total. The van der Waals surface area contributed by atoms with Gasteiger partial charge in [-0.2, -0.15) is 0 Å². The maximum Gasteiger partial charge on any atom is 0.311 e. The summed E-state index contributed by atoms with van der Waals surface area (Å²) in [6.45, 7) is 3.25. The smallest absolute Gasteiger partial charge is 0.311 e. The highest BCUT2D eigenvalue weighted by molar-refractivity contribution is 5.70. The predicted octanol–water partition coefficient (Wildman–Crippen LogP) is -0.346. The van der Waals surface area contributed by atoms with Crippen molar-refractivity contribution in [3.8, 4) is 0 Å². The summed E-state index contributed by atoms with van der Waals surface area (Å²) in [7, 11) is 0. The van der Waals surface area contributed by atoms with Gasteiger partial charge in [0.2, 0.25) is 0 Å². The quantitative estimate of drug-likeness (QED) is 0.478. The van der Waals surface area contributed by atoms with Gasteiger partial charge in [-0.25, -0.2) is 0 Å². The van der Waals surface area contributed by atoms with Gasteiger partial charge in [-0.3, -0.25) is 4.79 Å². The van der Waals surface area contributed by atoms with Gasteiger partial charge in [-0.15, -0.1) is 0 Å². The van der Waals surface area contributed by atoms with Gasteiger partial charge in [0.1, 0.15) is 5.92 Å². The summed E-state index contributed by atoms with van der Waals surface area (Å²) in [5, 5.41) is 25.4. The Bertz CT molecular complexity index is 111. The summed E-state index contributed by atoms with van der Waals surface area (Å²) in [4.78, 5) is 10.3. The van der Waals surface area contributed by atoms with Crippen molar-refractivity contribution >= 4 is 5.97 Å².